The van der Waals surface area contributed by atoms with E-state index in [2.05, 4.69) is 38.1 Å². The summed E-state index contributed by atoms with van der Waals surface area (Å²) in [5.41, 5.74) is 0.280. The van der Waals surface area contributed by atoms with Crippen LogP contribution < -0.4 is 5.32 Å². The summed E-state index contributed by atoms with van der Waals surface area (Å²) >= 11 is 3.53. The number of aromatic nitrogens is 2. The lowest BCUT2D eigenvalue weighted by molar-refractivity contribution is 0.0110. The van der Waals surface area contributed by atoms with E-state index in [1.54, 1.807) is 14.2 Å². The van der Waals surface area contributed by atoms with Crippen molar-refractivity contribution in [3.63, 3.8) is 0 Å². The third kappa shape index (κ3) is 4.12. The summed E-state index contributed by atoms with van der Waals surface area (Å²) in [4.78, 5) is 9.07. The zero-order chi connectivity index (χ0) is 14.5. The van der Waals surface area contributed by atoms with E-state index in [0.29, 0.717) is 12.4 Å². The minimum absolute atomic E-state index is 0.427. The van der Waals surface area contributed by atoms with Crippen LogP contribution in [0.5, 0.6) is 0 Å². The molecule has 0 fully saturated rings. The number of rotatable bonds is 7. The van der Waals surface area contributed by atoms with Crippen LogP contribution in [0.3, 0.4) is 0 Å². The lowest BCUT2D eigenvalue weighted by Gasteiger charge is -2.23. The van der Waals surface area contributed by atoms with E-state index >= 15 is 0 Å². The van der Waals surface area contributed by atoms with Crippen molar-refractivity contribution in [1.29, 1.82) is 0 Å². The highest BCUT2D eigenvalue weighted by molar-refractivity contribution is 9.10. The van der Waals surface area contributed by atoms with Crippen molar-refractivity contribution in [1.82, 2.24) is 9.97 Å². The Labute approximate surface area is 123 Å². The third-order valence-electron chi connectivity index (χ3n) is 2.79. The maximum Gasteiger partial charge on any atom is 0.162 e. The summed E-state index contributed by atoms with van der Waals surface area (Å²) in [6.07, 6.45) is 1.03. The number of ether oxygens (including phenoxy) is 2. The Hall–Kier alpha value is -0.720. The molecule has 1 aromatic rings. The lowest BCUT2D eigenvalue weighted by Crippen LogP contribution is -2.25. The van der Waals surface area contributed by atoms with Gasteiger partial charge in [0.1, 0.15) is 11.4 Å². The Balaban J connectivity index is 3.22. The molecule has 19 heavy (non-hydrogen) atoms. The Bertz CT molecular complexity index is 425. The summed E-state index contributed by atoms with van der Waals surface area (Å²) in [5.74, 6) is 1.42. The van der Waals surface area contributed by atoms with Gasteiger partial charge in [0.05, 0.1) is 16.8 Å². The summed E-state index contributed by atoms with van der Waals surface area (Å²) in [5, 5.41) is 3.29. The molecule has 0 atom stereocenters. The van der Waals surface area contributed by atoms with Gasteiger partial charge in [0.2, 0.25) is 0 Å². The van der Waals surface area contributed by atoms with Crippen LogP contribution in [0.15, 0.2) is 4.47 Å². The van der Waals surface area contributed by atoms with Crippen molar-refractivity contribution in [3.8, 4) is 0 Å². The number of hydrogen-bond acceptors (Lipinski definition) is 5. The highest BCUT2D eigenvalue weighted by atomic mass is 79.9. The van der Waals surface area contributed by atoms with Gasteiger partial charge < -0.3 is 14.8 Å². The van der Waals surface area contributed by atoms with Gasteiger partial charge >= 0.3 is 0 Å². The minimum atomic E-state index is -0.536. The highest BCUT2D eigenvalue weighted by Crippen LogP contribution is 2.29. The molecular weight excluding hydrogens is 310 g/mol. The first-order valence-electron chi connectivity index (χ1n) is 6.31. The van der Waals surface area contributed by atoms with Crippen LogP contribution in [0, 0.1) is 0 Å². The Morgan fingerprint density at radius 2 is 1.95 bits per heavy atom. The van der Waals surface area contributed by atoms with Crippen molar-refractivity contribution in [3.05, 3.63) is 16.0 Å². The molecule has 0 saturated heterocycles. The molecule has 0 radical (unpaired) electrons. The normalized spacial score (nSPS) is 11.7. The number of anilines is 1. The second-order valence-electron chi connectivity index (χ2n) is 4.73. The average molecular weight is 332 g/mol. The van der Waals surface area contributed by atoms with Gasteiger partial charge in [-0.3, -0.25) is 0 Å². The van der Waals surface area contributed by atoms with Gasteiger partial charge in [0.15, 0.2) is 5.82 Å². The first-order valence-corrected chi connectivity index (χ1v) is 7.10. The Kier molecular flexibility index (Phi) is 6.16. The molecule has 6 heteroatoms. The molecular formula is C13H22BrN3O2. The quantitative estimate of drug-likeness (QED) is 0.831. The fourth-order valence-electron chi connectivity index (χ4n) is 1.45. The summed E-state index contributed by atoms with van der Waals surface area (Å²) in [6, 6.07) is 0. The zero-order valence-electron chi connectivity index (χ0n) is 12.2. The number of methoxy groups -OCH3 is 2. The first-order chi connectivity index (χ1) is 8.96. The molecule has 108 valence electrons. The van der Waals surface area contributed by atoms with Crippen molar-refractivity contribution in [2.45, 2.75) is 39.4 Å². The van der Waals surface area contributed by atoms with Crippen molar-refractivity contribution < 1.29 is 9.47 Å². The van der Waals surface area contributed by atoms with E-state index in [0.717, 1.165) is 29.0 Å². The van der Waals surface area contributed by atoms with E-state index in [-0.39, 0.29) is 0 Å². The topological polar surface area (TPSA) is 56.3 Å². The summed E-state index contributed by atoms with van der Waals surface area (Å²) < 4.78 is 11.5. The van der Waals surface area contributed by atoms with Gasteiger partial charge in [0, 0.05) is 20.8 Å². The molecule has 0 aliphatic carbocycles. The summed E-state index contributed by atoms with van der Waals surface area (Å²) in [7, 11) is 3.30. The maximum atomic E-state index is 5.45. The predicted molar refractivity (Wildman–Crippen MR) is 79.3 cm³/mol. The first kappa shape index (κ1) is 16.3. The standard InChI is InChI=1S/C13H22BrN3O2/c1-6-7-15-11-10(14)9(8-18-4)16-12(17-11)13(2,3)19-5/h6-8H2,1-5H3,(H,15,16,17). The predicted octanol–water partition coefficient (Wildman–Crippen LogP) is 3.09. The summed E-state index contributed by atoms with van der Waals surface area (Å²) in [6.45, 7) is 7.27. The van der Waals surface area contributed by atoms with E-state index < -0.39 is 5.60 Å². The van der Waals surface area contributed by atoms with Gasteiger partial charge in [-0.15, -0.1) is 0 Å². The smallest absolute Gasteiger partial charge is 0.162 e. The number of nitrogens with one attached hydrogen (secondary N) is 1. The number of hydrogen-bond donors (Lipinski definition) is 1. The Morgan fingerprint density at radius 3 is 2.47 bits per heavy atom. The van der Waals surface area contributed by atoms with Crippen LogP contribution in [0.25, 0.3) is 0 Å². The molecule has 0 aromatic carbocycles. The van der Waals surface area contributed by atoms with Gasteiger partial charge in [-0.05, 0) is 36.2 Å². The van der Waals surface area contributed by atoms with Crippen LogP contribution in [-0.4, -0.2) is 30.7 Å². The van der Waals surface area contributed by atoms with Crippen LogP contribution in [0.1, 0.15) is 38.7 Å². The average Bonchev–Trinajstić information content (AvgIpc) is 2.39. The molecule has 1 heterocycles. The molecule has 0 bridgehead atoms. The van der Waals surface area contributed by atoms with Gasteiger partial charge in [-0.1, -0.05) is 6.92 Å². The monoisotopic (exact) mass is 331 g/mol. The van der Waals surface area contributed by atoms with Crippen molar-refractivity contribution >= 4 is 21.7 Å². The molecule has 1 aromatic heterocycles. The zero-order valence-corrected chi connectivity index (χ0v) is 13.8. The number of nitrogens with zero attached hydrogens (tertiary/aromatic N) is 2. The number of halogens is 1. The van der Waals surface area contributed by atoms with E-state index in [9.17, 15) is 0 Å². The van der Waals surface area contributed by atoms with Gasteiger partial charge in [-0.25, -0.2) is 9.97 Å². The van der Waals surface area contributed by atoms with Gasteiger partial charge in [-0.2, -0.15) is 0 Å². The molecule has 0 unspecified atom stereocenters. The van der Waals surface area contributed by atoms with Crippen molar-refractivity contribution in [2.75, 3.05) is 26.1 Å². The molecule has 1 rings (SSSR count). The molecule has 0 saturated carbocycles. The Morgan fingerprint density at radius 1 is 1.26 bits per heavy atom. The van der Waals surface area contributed by atoms with Crippen LogP contribution in [-0.2, 0) is 21.7 Å². The minimum Gasteiger partial charge on any atom is -0.378 e. The molecule has 0 spiro atoms. The fraction of sp³-hybridized carbons (Fsp3) is 0.692. The van der Waals surface area contributed by atoms with Crippen LogP contribution in [0.2, 0.25) is 0 Å². The molecule has 0 amide bonds. The highest BCUT2D eigenvalue weighted by Gasteiger charge is 2.26. The second kappa shape index (κ2) is 7.17. The second-order valence-corrected chi connectivity index (χ2v) is 5.52. The lowest BCUT2D eigenvalue weighted by atomic mass is 10.1. The fourth-order valence-corrected chi connectivity index (χ4v) is 1.88. The molecule has 0 aliphatic heterocycles. The van der Waals surface area contributed by atoms with Crippen LogP contribution in [0.4, 0.5) is 5.82 Å². The molecule has 5 nitrogen and oxygen atoms in total. The van der Waals surface area contributed by atoms with E-state index in [4.69, 9.17) is 9.47 Å². The third-order valence-corrected chi connectivity index (χ3v) is 3.63. The maximum absolute atomic E-state index is 5.45. The van der Waals surface area contributed by atoms with Gasteiger partial charge in [0.25, 0.3) is 0 Å². The largest absolute Gasteiger partial charge is 0.378 e. The van der Waals surface area contributed by atoms with E-state index in [1.165, 1.54) is 0 Å². The van der Waals surface area contributed by atoms with Crippen molar-refractivity contribution in [2.24, 2.45) is 0 Å². The van der Waals surface area contributed by atoms with E-state index in [1.807, 2.05) is 13.8 Å². The molecule has 1 N–H and O–H groups in total. The SMILES string of the molecule is CCCNc1nc(C(C)(C)OC)nc(COC)c1Br. The van der Waals surface area contributed by atoms with Crippen LogP contribution >= 0.6 is 15.9 Å². The molecule has 0 aliphatic rings.